The molecule has 1 amide bonds. The van der Waals surface area contributed by atoms with Crippen molar-refractivity contribution in [3.63, 3.8) is 0 Å². The molecule has 17 heavy (non-hydrogen) atoms. The van der Waals surface area contributed by atoms with Gasteiger partial charge < -0.3 is 10.4 Å². The van der Waals surface area contributed by atoms with Gasteiger partial charge in [0.05, 0.1) is 5.75 Å². The summed E-state index contributed by atoms with van der Waals surface area (Å²) in [5.74, 6) is -0.753. The van der Waals surface area contributed by atoms with Crippen LogP contribution >= 0.6 is 11.8 Å². The van der Waals surface area contributed by atoms with Crippen molar-refractivity contribution in [1.29, 1.82) is 0 Å². The molecule has 0 spiro atoms. The van der Waals surface area contributed by atoms with E-state index in [1.165, 1.54) is 11.8 Å². The molecule has 0 bridgehead atoms. The van der Waals surface area contributed by atoms with Crippen LogP contribution in [0.5, 0.6) is 0 Å². The highest BCUT2D eigenvalue weighted by Crippen LogP contribution is 2.30. The molecule has 0 heterocycles. The van der Waals surface area contributed by atoms with Crippen LogP contribution in [0.3, 0.4) is 0 Å². The summed E-state index contributed by atoms with van der Waals surface area (Å²) in [7, 11) is 0. The van der Waals surface area contributed by atoms with Crippen LogP contribution in [0.15, 0.2) is 0 Å². The van der Waals surface area contributed by atoms with Crippen molar-refractivity contribution in [2.75, 3.05) is 5.75 Å². The molecule has 0 atom stereocenters. The van der Waals surface area contributed by atoms with E-state index in [-0.39, 0.29) is 10.7 Å². The van der Waals surface area contributed by atoms with Crippen molar-refractivity contribution in [2.45, 2.75) is 56.7 Å². The Morgan fingerprint density at radius 3 is 2.24 bits per heavy atom. The quantitative estimate of drug-likeness (QED) is 0.810. The molecule has 0 saturated heterocycles. The largest absolute Gasteiger partial charge is 0.480 e. The van der Waals surface area contributed by atoms with Crippen molar-refractivity contribution in [3.8, 4) is 0 Å². The molecule has 1 rings (SSSR count). The van der Waals surface area contributed by atoms with Gasteiger partial charge in [0.15, 0.2) is 0 Å². The number of amides is 1. The first kappa shape index (κ1) is 14.4. The topological polar surface area (TPSA) is 66.4 Å². The number of thioether (sulfide) groups is 1. The van der Waals surface area contributed by atoms with E-state index in [0.717, 1.165) is 12.8 Å². The second-order valence-electron chi connectivity index (χ2n) is 5.54. The highest BCUT2D eigenvalue weighted by atomic mass is 32.2. The summed E-state index contributed by atoms with van der Waals surface area (Å²) in [4.78, 5) is 23.0. The Hall–Kier alpha value is -0.710. The third-order valence-corrected chi connectivity index (χ3v) is 4.15. The van der Waals surface area contributed by atoms with Gasteiger partial charge in [-0.2, -0.15) is 0 Å². The van der Waals surface area contributed by atoms with Gasteiger partial charge in [-0.25, -0.2) is 4.79 Å². The maximum Gasteiger partial charge on any atom is 0.329 e. The summed E-state index contributed by atoms with van der Waals surface area (Å²) in [5.41, 5.74) is -1.00. The third kappa shape index (κ3) is 4.22. The molecule has 1 aliphatic rings. The van der Waals surface area contributed by atoms with E-state index in [1.54, 1.807) is 0 Å². The number of hydrogen-bond acceptors (Lipinski definition) is 3. The van der Waals surface area contributed by atoms with Crippen LogP contribution in [0.4, 0.5) is 0 Å². The second-order valence-corrected chi connectivity index (χ2v) is 7.35. The second kappa shape index (κ2) is 5.29. The fourth-order valence-corrected chi connectivity index (χ4v) is 2.59. The lowest BCUT2D eigenvalue weighted by atomic mass is 9.98. The van der Waals surface area contributed by atoms with Crippen LogP contribution in [-0.4, -0.2) is 33.0 Å². The summed E-state index contributed by atoms with van der Waals surface area (Å²) >= 11 is 1.53. The van der Waals surface area contributed by atoms with E-state index >= 15 is 0 Å². The van der Waals surface area contributed by atoms with E-state index in [1.807, 2.05) is 20.8 Å². The standard InChI is InChI=1S/C12H21NO3S/c1-11(2,3)17-8-9(14)13-12(10(15)16)6-4-5-7-12/h4-8H2,1-3H3,(H,13,14)(H,15,16). The van der Waals surface area contributed by atoms with Gasteiger partial charge in [0.2, 0.25) is 5.91 Å². The number of carboxylic acid groups (broad SMARTS) is 1. The Kier molecular flexibility index (Phi) is 4.47. The van der Waals surface area contributed by atoms with Gasteiger partial charge in [0, 0.05) is 4.75 Å². The first-order chi connectivity index (χ1) is 7.75. The molecule has 0 aromatic rings. The zero-order chi connectivity index (χ0) is 13.1. The van der Waals surface area contributed by atoms with Gasteiger partial charge >= 0.3 is 5.97 Å². The van der Waals surface area contributed by atoms with Crippen molar-refractivity contribution >= 4 is 23.6 Å². The molecule has 4 nitrogen and oxygen atoms in total. The number of carbonyl (C=O) groups excluding carboxylic acids is 1. The number of carbonyl (C=O) groups is 2. The van der Waals surface area contributed by atoms with Gasteiger partial charge in [0.1, 0.15) is 5.54 Å². The molecule has 5 heteroatoms. The van der Waals surface area contributed by atoms with E-state index in [0.29, 0.717) is 18.6 Å². The molecule has 0 aromatic carbocycles. The van der Waals surface area contributed by atoms with E-state index in [4.69, 9.17) is 0 Å². The van der Waals surface area contributed by atoms with Gasteiger partial charge in [-0.1, -0.05) is 33.6 Å². The summed E-state index contributed by atoms with van der Waals surface area (Å²) < 4.78 is 0.0173. The number of aliphatic carboxylic acids is 1. The maximum absolute atomic E-state index is 11.8. The van der Waals surface area contributed by atoms with E-state index in [2.05, 4.69) is 5.32 Å². The Labute approximate surface area is 107 Å². The molecule has 1 fully saturated rings. The molecule has 0 aromatic heterocycles. The minimum atomic E-state index is -1.00. The van der Waals surface area contributed by atoms with Crippen LogP contribution in [0.1, 0.15) is 46.5 Å². The first-order valence-corrected chi connectivity index (χ1v) is 6.92. The minimum Gasteiger partial charge on any atom is -0.480 e. The smallest absolute Gasteiger partial charge is 0.329 e. The summed E-state index contributed by atoms with van der Waals surface area (Å²) in [5, 5.41) is 11.9. The van der Waals surface area contributed by atoms with Gasteiger partial charge in [-0.15, -0.1) is 11.8 Å². The highest BCUT2D eigenvalue weighted by Gasteiger charge is 2.42. The lowest BCUT2D eigenvalue weighted by Gasteiger charge is -2.26. The highest BCUT2D eigenvalue weighted by molar-refractivity contribution is 8.01. The number of nitrogens with one attached hydrogen (secondary N) is 1. The average molecular weight is 259 g/mol. The molecular weight excluding hydrogens is 238 g/mol. The van der Waals surface area contributed by atoms with Crippen molar-refractivity contribution in [3.05, 3.63) is 0 Å². The lowest BCUT2D eigenvalue weighted by Crippen LogP contribution is -2.53. The summed E-state index contributed by atoms with van der Waals surface area (Å²) in [6.07, 6.45) is 2.85. The fourth-order valence-electron chi connectivity index (χ4n) is 1.96. The number of rotatable bonds is 4. The summed E-state index contributed by atoms with van der Waals surface area (Å²) in [6, 6.07) is 0. The monoisotopic (exact) mass is 259 g/mol. The van der Waals surface area contributed by atoms with Crippen molar-refractivity contribution in [1.82, 2.24) is 5.32 Å². The fraction of sp³-hybridized carbons (Fsp3) is 0.833. The molecule has 0 aliphatic heterocycles. The molecule has 0 radical (unpaired) electrons. The number of carboxylic acids is 1. The minimum absolute atomic E-state index is 0.0173. The van der Waals surface area contributed by atoms with Crippen LogP contribution in [0.2, 0.25) is 0 Å². The van der Waals surface area contributed by atoms with Gasteiger partial charge in [-0.3, -0.25) is 4.79 Å². The van der Waals surface area contributed by atoms with Crippen LogP contribution in [-0.2, 0) is 9.59 Å². The molecular formula is C12H21NO3S. The molecule has 1 aliphatic carbocycles. The van der Waals surface area contributed by atoms with Crippen molar-refractivity contribution < 1.29 is 14.7 Å². The summed E-state index contributed by atoms with van der Waals surface area (Å²) in [6.45, 7) is 6.11. The van der Waals surface area contributed by atoms with Crippen LogP contribution in [0.25, 0.3) is 0 Å². The van der Waals surface area contributed by atoms with Gasteiger partial charge in [-0.05, 0) is 12.8 Å². The zero-order valence-electron chi connectivity index (χ0n) is 10.7. The van der Waals surface area contributed by atoms with Gasteiger partial charge in [0.25, 0.3) is 0 Å². The predicted molar refractivity (Wildman–Crippen MR) is 69.2 cm³/mol. The Morgan fingerprint density at radius 2 is 1.82 bits per heavy atom. The number of hydrogen-bond donors (Lipinski definition) is 2. The van der Waals surface area contributed by atoms with E-state index in [9.17, 15) is 14.7 Å². The lowest BCUT2D eigenvalue weighted by molar-refractivity contribution is -0.147. The average Bonchev–Trinajstić information content (AvgIpc) is 2.63. The third-order valence-electron chi connectivity index (χ3n) is 2.88. The maximum atomic E-state index is 11.8. The first-order valence-electron chi connectivity index (χ1n) is 5.94. The molecule has 1 saturated carbocycles. The zero-order valence-corrected chi connectivity index (χ0v) is 11.5. The predicted octanol–water partition coefficient (Wildman–Crippen LogP) is 2.03. The van der Waals surface area contributed by atoms with E-state index < -0.39 is 11.5 Å². The molecule has 2 N–H and O–H groups in total. The van der Waals surface area contributed by atoms with Crippen molar-refractivity contribution in [2.24, 2.45) is 0 Å². The van der Waals surface area contributed by atoms with Crippen LogP contribution in [0, 0.1) is 0 Å². The van der Waals surface area contributed by atoms with Crippen LogP contribution < -0.4 is 5.32 Å². The molecule has 0 unspecified atom stereocenters. The Bertz CT molecular complexity index is 303. The normalized spacial score (nSPS) is 19.0. The Balaban J connectivity index is 2.51. The SMILES string of the molecule is CC(C)(C)SCC(=O)NC1(C(=O)O)CCCC1. The molecule has 98 valence electrons. The Morgan fingerprint density at radius 1 is 1.29 bits per heavy atom.